The van der Waals surface area contributed by atoms with Gasteiger partial charge in [-0.2, -0.15) is 5.10 Å². The van der Waals surface area contributed by atoms with Gasteiger partial charge in [-0.1, -0.05) is 23.9 Å². The molecule has 30 heavy (non-hydrogen) atoms. The maximum Gasteiger partial charge on any atom is 0.257 e. The molecule has 0 saturated heterocycles. The molecule has 4 rings (SSSR count). The van der Waals surface area contributed by atoms with E-state index in [0.717, 1.165) is 28.0 Å². The number of amidine groups is 1. The molecule has 0 saturated carbocycles. The van der Waals surface area contributed by atoms with Crippen LogP contribution in [0.2, 0.25) is 0 Å². The van der Waals surface area contributed by atoms with Crippen molar-refractivity contribution in [3.05, 3.63) is 59.3 Å². The number of hydrogen-bond donors (Lipinski definition) is 2. The number of fused-ring (bicyclic) bond motifs is 1. The number of benzene rings is 2. The lowest BCUT2D eigenvalue weighted by molar-refractivity contribution is 0.308. The SMILES string of the molecule is COc1ccc(C=N/N=C(\N)c2nonc2N)cc1CSc1nc2ccccc2o1. The molecule has 0 aliphatic rings. The summed E-state index contributed by atoms with van der Waals surface area (Å²) in [6.07, 6.45) is 1.56. The van der Waals surface area contributed by atoms with E-state index in [0.29, 0.717) is 11.0 Å². The Kier molecular flexibility index (Phi) is 5.61. The van der Waals surface area contributed by atoms with Crippen molar-refractivity contribution in [3.8, 4) is 5.75 Å². The Labute approximate surface area is 175 Å². The molecule has 4 N–H and O–H groups in total. The molecule has 0 spiro atoms. The third kappa shape index (κ3) is 4.25. The van der Waals surface area contributed by atoms with E-state index in [-0.39, 0.29) is 17.3 Å². The highest BCUT2D eigenvalue weighted by atomic mass is 32.2. The minimum absolute atomic E-state index is 0.00486. The Morgan fingerprint density at radius 1 is 1.23 bits per heavy atom. The number of nitrogen functional groups attached to an aromatic ring is 1. The van der Waals surface area contributed by atoms with Crippen molar-refractivity contribution in [2.75, 3.05) is 12.8 Å². The van der Waals surface area contributed by atoms with Gasteiger partial charge < -0.3 is 20.6 Å². The number of aromatic nitrogens is 3. The lowest BCUT2D eigenvalue weighted by Gasteiger charge is -2.08. The van der Waals surface area contributed by atoms with Crippen molar-refractivity contribution in [3.63, 3.8) is 0 Å². The average molecular weight is 423 g/mol. The van der Waals surface area contributed by atoms with Crippen molar-refractivity contribution in [2.24, 2.45) is 15.9 Å². The van der Waals surface area contributed by atoms with Crippen LogP contribution in [0.15, 0.2) is 66.9 Å². The fourth-order valence-corrected chi connectivity index (χ4v) is 3.44. The number of oxazole rings is 1. The normalized spacial score (nSPS) is 12.1. The van der Waals surface area contributed by atoms with E-state index in [1.807, 2.05) is 42.5 Å². The number of ether oxygens (including phenoxy) is 1. The van der Waals surface area contributed by atoms with Gasteiger partial charge in [0.1, 0.15) is 11.3 Å². The molecular weight excluding hydrogens is 406 g/mol. The molecule has 0 aliphatic heterocycles. The summed E-state index contributed by atoms with van der Waals surface area (Å²) in [7, 11) is 1.62. The highest BCUT2D eigenvalue weighted by Gasteiger charge is 2.11. The first-order valence-electron chi connectivity index (χ1n) is 8.74. The Morgan fingerprint density at radius 2 is 2.10 bits per heavy atom. The van der Waals surface area contributed by atoms with E-state index in [1.165, 1.54) is 11.8 Å². The molecule has 0 atom stereocenters. The van der Waals surface area contributed by atoms with Gasteiger partial charge >= 0.3 is 0 Å². The van der Waals surface area contributed by atoms with Crippen LogP contribution >= 0.6 is 11.8 Å². The van der Waals surface area contributed by atoms with Gasteiger partial charge in [-0.05, 0) is 46.2 Å². The molecule has 11 heteroatoms. The van der Waals surface area contributed by atoms with E-state index < -0.39 is 0 Å². The third-order valence-corrected chi connectivity index (χ3v) is 4.94. The Bertz CT molecular complexity index is 1200. The van der Waals surface area contributed by atoms with Crippen LogP contribution in [0.25, 0.3) is 11.1 Å². The summed E-state index contributed by atoms with van der Waals surface area (Å²) in [4.78, 5) is 4.47. The molecule has 0 aliphatic carbocycles. The smallest absolute Gasteiger partial charge is 0.257 e. The van der Waals surface area contributed by atoms with Gasteiger partial charge in [0, 0.05) is 11.3 Å². The fraction of sp³-hybridized carbons (Fsp3) is 0.105. The zero-order chi connectivity index (χ0) is 20.9. The minimum atomic E-state index is 0.00486. The highest BCUT2D eigenvalue weighted by Crippen LogP contribution is 2.30. The largest absolute Gasteiger partial charge is 0.496 e. The van der Waals surface area contributed by atoms with Crippen LogP contribution in [0, 0.1) is 0 Å². The van der Waals surface area contributed by atoms with Gasteiger partial charge in [-0.3, -0.25) is 0 Å². The zero-order valence-corrected chi connectivity index (χ0v) is 16.7. The maximum atomic E-state index is 5.78. The van der Waals surface area contributed by atoms with Crippen LogP contribution in [0.5, 0.6) is 5.75 Å². The Hall–Kier alpha value is -3.86. The van der Waals surface area contributed by atoms with Gasteiger partial charge in [0.25, 0.3) is 5.22 Å². The monoisotopic (exact) mass is 423 g/mol. The fourth-order valence-electron chi connectivity index (χ4n) is 2.62. The number of thioether (sulfide) groups is 1. The predicted molar refractivity (Wildman–Crippen MR) is 114 cm³/mol. The number of para-hydroxylation sites is 2. The maximum absolute atomic E-state index is 5.78. The number of methoxy groups -OCH3 is 1. The molecule has 0 radical (unpaired) electrons. The molecule has 0 amide bonds. The summed E-state index contributed by atoms with van der Waals surface area (Å²) in [5.74, 6) is 1.41. The number of rotatable bonds is 7. The number of nitrogens with two attached hydrogens (primary N) is 2. The molecule has 4 aromatic rings. The first-order valence-corrected chi connectivity index (χ1v) is 9.73. The molecule has 0 unspecified atom stereocenters. The Balaban J connectivity index is 1.49. The molecular formula is C19H17N7O3S. The van der Waals surface area contributed by atoms with Crippen LogP contribution in [-0.4, -0.2) is 34.5 Å². The van der Waals surface area contributed by atoms with Gasteiger partial charge in [0.15, 0.2) is 22.9 Å². The number of hydrogen-bond acceptors (Lipinski definition) is 10. The second-order valence-electron chi connectivity index (χ2n) is 6.04. The standard InChI is InChI=1S/C19H17N7O3S/c1-27-14-7-6-11(9-22-24-17(20)16-18(21)26-29-25-16)8-12(14)10-30-19-23-13-4-2-3-5-15(13)28-19/h2-9H,10H2,1H3,(H2,20,24)(H2,21,26). The second kappa shape index (κ2) is 8.66. The van der Waals surface area contributed by atoms with Crippen molar-refractivity contribution in [1.29, 1.82) is 0 Å². The van der Waals surface area contributed by atoms with Gasteiger partial charge in [0.2, 0.25) is 0 Å². The van der Waals surface area contributed by atoms with Crippen LogP contribution in [-0.2, 0) is 5.75 Å². The van der Waals surface area contributed by atoms with E-state index in [9.17, 15) is 0 Å². The third-order valence-electron chi connectivity index (χ3n) is 4.06. The molecule has 2 aromatic heterocycles. The van der Waals surface area contributed by atoms with Gasteiger partial charge in [-0.15, -0.1) is 5.10 Å². The number of nitrogens with zero attached hydrogens (tertiary/aromatic N) is 5. The molecule has 0 bridgehead atoms. The summed E-state index contributed by atoms with van der Waals surface area (Å²) in [6.45, 7) is 0. The molecule has 2 aromatic carbocycles. The summed E-state index contributed by atoms with van der Waals surface area (Å²) in [5.41, 5.74) is 14.8. The molecule has 0 fully saturated rings. The first-order chi connectivity index (χ1) is 14.6. The minimum Gasteiger partial charge on any atom is -0.496 e. The van der Waals surface area contributed by atoms with Gasteiger partial charge in [0.05, 0.1) is 13.3 Å². The lowest BCUT2D eigenvalue weighted by Crippen LogP contribution is -2.15. The van der Waals surface area contributed by atoms with Crippen molar-refractivity contribution >= 4 is 40.7 Å². The van der Waals surface area contributed by atoms with Crippen LogP contribution in [0.4, 0.5) is 5.82 Å². The topological polar surface area (TPSA) is 151 Å². The molecule has 10 nitrogen and oxygen atoms in total. The zero-order valence-electron chi connectivity index (χ0n) is 15.8. The van der Waals surface area contributed by atoms with Crippen molar-refractivity contribution < 1.29 is 13.8 Å². The summed E-state index contributed by atoms with van der Waals surface area (Å²) in [6, 6.07) is 13.3. The molecule has 2 heterocycles. The second-order valence-corrected chi connectivity index (χ2v) is 6.96. The number of anilines is 1. The van der Waals surface area contributed by atoms with Gasteiger partial charge in [-0.25, -0.2) is 9.61 Å². The summed E-state index contributed by atoms with van der Waals surface area (Å²) < 4.78 is 15.7. The predicted octanol–water partition coefficient (Wildman–Crippen LogP) is 2.83. The van der Waals surface area contributed by atoms with E-state index in [2.05, 4.69) is 30.1 Å². The van der Waals surface area contributed by atoms with E-state index >= 15 is 0 Å². The summed E-state index contributed by atoms with van der Waals surface area (Å²) >= 11 is 1.48. The molecule has 152 valence electrons. The van der Waals surface area contributed by atoms with Crippen molar-refractivity contribution in [2.45, 2.75) is 11.0 Å². The quantitative estimate of drug-likeness (QED) is 0.198. The van der Waals surface area contributed by atoms with Crippen LogP contribution < -0.4 is 16.2 Å². The highest BCUT2D eigenvalue weighted by molar-refractivity contribution is 7.98. The lowest BCUT2D eigenvalue weighted by atomic mass is 10.1. The Morgan fingerprint density at radius 3 is 2.87 bits per heavy atom. The van der Waals surface area contributed by atoms with Crippen LogP contribution in [0.3, 0.4) is 0 Å². The van der Waals surface area contributed by atoms with E-state index in [4.69, 9.17) is 20.6 Å². The van der Waals surface area contributed by atoms with E-state index in [1.54, 1.807) is 13.3 Å². The van der Waals surface area contributed by atoms with Crippen LogP contribution in [0.1, 0.15) is 16.8 Å². The first kappa shape index (κ1) is 19.5. The van der Waals surface area contributed by atoms with Crippen molar-refractivity contribution in [1.82, 2.24) is 15.3 Å². The average Bonchev–Trinajstić information content (AvgIpc) is 3.38. The summed E-state index contributed by atoms with van der Waals surface area (Å²) in [5, 5.41) is 15.5.